The van der Waals surface area contributed by atoms with E-state index in [9.17, 15) is 19.2 Å². The first-order chi connectivity index (χ1) is 17.5. The van der Waals surface area contributed by atoms with E-state index >= 15 is 0 Å². The van der Waals surface area contributed by atoms with Crippen molar-refractivity contribution in [3.63, 3.8) is 0 Å². The van der Waals surface area contributed by atoms with Gasteiger partial charge in [0.25, 0.3) is 0 Å². The molecule has 7 rings (SSSR count). The summed E-state index contributed by atoms with van der Waals surface area (Å²) in [5.74, 6) is -4.86. The number of hydrogen-bond acceptors (Lipinski definition) is 6. The van der Waals surface area contributed by atoms with E-state index in [-0.39, 0.29) is 23.6 Å². The Hall–Kier alpha value is -3.62. The van der Waals surface area contributed by atoms with Gasteiger partial charge < -0.3 is 9.47 Å². The highest BCUT2D eigenvalue weighted by Crippen LogP contribution is 2.58. The van der Waals surface area contributed by atoms with Crippen molar-refractivity contribution in [2.75, 3.05) is 24.0 Å². The average molecular weight is 487 g/mol. The zero-order valence-corrected chi connectivity index (χ0v) is 20.0. The Morgan fingerprint density at radius 2 is 0.972 bits per heavy atom. The van der Waals surface area contributed by atoms with Gasteiger partial charge in [-0.1, -0.05) is 36.4 Å². The van der Waals surface area contributed by atoms with Crippen molar-refractivity contribution in [2.24, 2.45) is 35.5 Å². The molecule has 0 spiro atoms. The fourth-order valence-corrected chi connectivity index (χ4v) is 6.64. The summed E-state index contributed by atoms with van der Waals surface area (Å²) in [6.45, 7) is 0.719. The third kappa shape index (κ3) is 3.14. The molecule has 4 atom stereocenters. The molecule has 0 aromatic heterocycles. The smallest absolute Gasteiger partial charge is 0.238 e. The number of methoxy groups -OCH3 is 2. The van der Waals surface area contributed by atoms with E-state index in [0.717, 1.165) is 11.1 Å². The fraction of sp³-hybridized carbons (Fsp3) is 0.357. The van der Waals surface area contributed by atoms with Crippen molar-refractivity contribution in [1.82, 2.24) is 0 Å². The van der Waals surface area contributed by atoms with Crippen LogP contribution in [0.15, 0.2) is 60.7 Å². The number of imide groups is 2. The van der Waals surface area contributed by atoms with Crippen molar-refractivity contribution in [3.05, 3.63) is 71.8 Å². The van der Waals surface area contributed by atoms with Crippen LogP contribution >= 0.6 is 0 Å². The predicted octanol–water partition coefficient (Wildman–Crippen LogP) is 2.71. The zero-order chi connectivity index (χ0) is 25.1. The normalized spacial score (nSPS) is 30.4. The summed E-state index contributed by atoms with van der Waals surface area (Å²) in [5.41, 5.74) is 2.68. The van der Waals surface area contributed by atoms with Crippen molar-refractivity contribution in [2.45, 2.75) is 13.2 Å². The molecule has 184 valence electrons. The molecule has 5 aliphatic rings. The molecule has 3 fully saturated rings. The zero-order valence-electron chi connectivity index (χ0n) is 20.0. The molecule has 2 bridgehead atoms. The van der Waals surface area contributed by atoms with E-state index in [1.54, 1.807) is 50.6 Å². The first-order valence-electron chi connectivity index (χ1n) is 12.1. The Bertz CT molecular complexity index is 1180. The fourth-order valence-electron chi connectivity index (χ4n) is 6.64. The van der Waals surface area contributed by atoms with Gasteiger partial charge in [0.1, 0.15) is 0 Å². The Balaban J connectivity index is 1.35. The standard InChI is InChI=1S/C28H26N2O6/c1-35-13-15-5-3-7-17(11-15)29-25(31)21-19-9-10-20(22(21)26(29)32)24-23(19)27(33)30(28(24)34)18-8-4-6-16(12-18)14-36-2/h3-12,19-24H,13-14H2,1-2H3/t19?,20?,21-,22+,23-,24+. The predicted molar refractivity (Wildman–Crippen MR) is 129 cm³/mol. The second-order valence-corrected chi connectivity index (χ2v) is 9.87. The minimum atomic E-state index is -0.656. The first-order valence-corrected chi connectivity index (χ1v) is 12.1. The summed E-state index contributed by atoms with van der Waals surface area (Å²) in [6, 6.07) is 14.3. The van der Waals surface area contributed by atoms with Crippen LogP contribution in [0.2, 0.25) is 0 Å². The SMILES string of the molecule is COCc1cccc(N2C(=O)[C@@H]3C4C=CC([C@@H]3C2=O)[C@@H]2C(=O)N(c3cccc(COC)c3)C(=O)[C@H]42)c1. The number of nitrogens with zero attached hydrogens (tertiary/aromatic N) is 2. The molecule has 2 aromatic carbocycles. The summed E-state index contributed by atoms with van der Waals surface area (Å²) in [4.78, 5) is 57.2. The van der Waals surface area contributed by atoms with Gasteiger partial charge in [0, 0.05) is 26.1 Å². The van der Waals surface area contributed by atoms with Crippen molar-refractivity contribution < 1.29 is 28.7 Å². The van der Waals surface area contributed by atoms with Gasteiger partial charge in [0.2, 0.25) is 23.6 Å². The largest absolute Gasteiger partial charge is 0.380 e. The maximum Gasteiger partial charge on any atom is 0.238 e. The second kappa shape index (κ2) is 8.50. The van der Waals surface area contributed by atoms with Gasteiger partial charge in [-0.25, -0.2) is 0 Å². The second-order valence-electron chi connectivity index (χ2n) is 9.87. The first kappa shape index (κ1) is 22.8. The topological polar surface area (TPSA) is 93.2 Å². The number of rotatable bonds is 6. The number of allylic oxidation sites excluding steroid dienone is 2. The molecule has 2 heterocycles. The Morgan fingerprint density at radius 3 is 1.31 bits per heavy atom. The lowest BCUT2D eigenvalue weighted by atomic mass is 9.54. The van der Waals surface area contributed by atoms with Crippen molar-refractivity contribution in [1.29, 1.82) is 0 Å². The summed E-state index contributed by atoms with van der Waals surface area (Å²) >= 11 is 0. The van der Waals surface area contributed by atoms with E-state index < -0.39 is 35.5 Å². The summed E-state index contributed by atoms with van der Waals surface area (Å²) in [5, 5.41) is 0. The van der Waals surface area contributed by atoms with E-state index in [4.69, 9.17) is 9.47 Å². The quantitative estimate of drug-likeness (QED) is 0.461. The van der Waals surface area contributed by atoms with Crippen molar-refractivity contribution >= 4 is 35.0 Å². The minimum Gasteiger partial charge on any atom is -0.380 e. The van der Waals surface area contributed by atoms with Gasteiger partial charge in [-0.15, -0.1) is 0 Å². The number of benzene rings is 2. The lowest BCUT2D eigenvalue weighted by molar-refractivity contribution is -0.137. The molecule has 8 nitrogen and oxygen atoms in total. The van der Waals surface area contributed by atoms with Crippen LogP contribution in [-0.2, 0) is 41.9 Å². The van der Waals surface area contributed by atoms with E-state index in [1.165, 1.54) is 9.80 Å². The third-order valence-corrected chi connectivity index (χ3v) is 7.97. The van der Waals surface area contributed by atoms with Crippen LogP contribution in [-0.4, -0.2) is 37.8 Å². The molecular weight excluding hydrogens is 460 g/mol. The summed E-state index contributed by atoms with van der Waals surface area (Å²) < 4.78 is 10.4. The number of anilines is 2. The highest BCUT2D eigenvalue weighted by Gasteiger charge is 2.68. The van der Waals surface area contributed by atoms with E-state index in [2.05, 4.69) is 0 Å². The maximum absolute atomic E-state index is 13.7. The summed E-state index contributed by atoms with van der Waals surface area (Å²) in [6.07, 6.45) is 3.75. The Morgan fingerprint density at radius 1 is 0.611 bits per heavy atom. The number of ether oxygens (including phenoxy) is 2. The number of carbonyl (C=O) groups excluding carboxylic acids is 4. The van der Waals surface area contributed by atoms with Gasteiger partial charge in [-0.3, -0.25) is 29.0 Å². The number of amides is 4. The van der Waals surface area contributed by atoms with Gasteiger partial charge in [0.15, 0.2) is 0 Å². The van der Waals surface area contributed by atoms with Crippen LogP contribution in [0.1, 0.15) is 11.1 Å². The van der Waals surface area contributed by atoms with Crippen LogP contribution in [0.4, 0.5) is 11.4 Å². The van der Waals surface area contributed by atoms with Gasteiger partial charge in [-0.2, -0.15) is 0 Å². The highest BCUT2D eigenvalue weighted by atomic mass is 16.5. The van der Waals surface area contributed by atoms with Crippen LogP contribution < -0.4 is 9.80 Å². The van der Waals surface area contributed by atoms with E-state index in [1.807, 2.05) is 24.3 Å². The van der Waals surface area contributed by atoms with E-state index in [0.29, 0.717) is 24.6 Å². The Kier molecular flexibility index (Phi) is 5.39. The molecule has 8 heteroatoms. The molecule has 0 N–H and O–H groups in total. The summed E-state index contributed by atoms with van der Waals surface area (Å²) in [7, 11) is 3.17. The molecule has 4 amide bonds. The highest BCUT2D eigenvalue weighted by molar-refractivity contribution is 6.26. The number of carbonyl (C=O) groups is 4. The van der Waals surface area contributed by atoms with Crippen LogP contribution in [0, 0.1) is 35.5 Å². The molecule has 3 aliphatic carbocycles. The number of hydrogen-bond donors (Lipinski definition) is 0. The third-order valence-electron chi connectivity index (χ3n) is 7.97. The molecule has 0 unspecified atom stereocenters. The average Bonchev–Trinajstić information content (AvgIpc) is 3.32. The van der Waals surface area contributed by atoms with Crippen molar-refractivity contribution in [3.8, 4) is 0 Å². The molecule has 2 aromatic rings. The minimum absolute atomic E-state index is 0.307. The lowest BCUT2D eigenvalue weighted by Crippen LogP contribution is -2.50. The Labute approximate surface area is 208 Å². The molecule has 2 saturated heterocycles. The van der Waals surface area contributed by atoms with Crippen LogP contribution in [0.25, 0.3) is 0 Å². The van der Waals surface area contributed by atoms with Gasteiger partial charge in [-0.05, 0) is 35.4 Å². The van der Waals surface area contributed by atoms with Gasteiger partial charge >= 0.3 is 0 Å². The molecular formula is C28H26N2O6. The molecule has 0 radical (unpaired) electrons. The molecule has 1 saturated carbocycles. The van der Waals surface area contributed by atoms with Crippen LogP contribution in [0.5, 0.6) is 0 Å². The molecule has 2 aliphatic heterocycles. The maximum atomic E-state index is 13.7. The lowest BCUT2D eigenvalue weighted by Gasteiger charge is -2.44. The van der Waals surface area contributed by atoms with Gasteiger partial charge in [0.05, 0.1) is 48.3 Å². The van der Waals surface area contributed by atoms with Crippen LogP contribution in [0.3, 0.4) is 0 Å². The molecule has 36 heavy (non-hydrogen) atoms. The monoisotopic (exact) mass is 486 g/mol.